The lowest BCUT2D eigenvalue weighted by Gasteiger charge is -2.25. The lowest BCUT2D eigenvalue weighted by Crippen LogP contribution is -2.41. The van der Waals surface area contributed by atoms with E-state index in [-0.39, 0.29) is 18.0 Å². The summed E-state index contributed by atoms with van der Waals surface area (Å²) in [6, 6.07) is 16.3. The second kappa shape index (κ2) is 8.50. The number of nitrogens with zero attached hydrogens (tertiary/aromatic N) is 1. The third kappa shape index (κ3) is 4.55. The Hall–Kier alpha value is -2.77. The van der Waals surface area contributed by atoms with Crippen LogP contribution in [0.3, 0.4) is 0 Å². The summed E-state index contributed by atoms with van der Waals surface area (Å²) in [6.45, 7) is 1.54. The summed E-state index contributed by atoms with van der Waals surface area (Å²) < 4.78 is 32.7. The summed E-state index contributed by atoms with van der Waals surface area (Å²) in [5.74, 6) is 0.124. The zero-order valence-electron chi connectivity index (χ0n) is 15.1. The van der Waals surface area contributed by atoms with Crippen LogP contribution in [0, 0.1) is 6.92 Å². The van der Waals surface area contributed by atoms with Crippen molar-refractivity contribution in [3.8, 4) is 0 Å². The van der Waals surface area contributed by atoms with Crippen LogP contribution in [0.2, 0.25) is 5.02 Å². The minimum absolute atomic E-state index is 0.100. The molecule has 1 heterocycles. The number of aryl methyl sites for hydroxylation is 1. The summed E-state index contributed by atoms with van der Waals surface area (Å²) in [4.78, 5) is 12.6. The summed E-state index contributed by atoms with van der Waals surface area (Å²) in [7, 11) is -3.95. The van der Waals surface area contributed by atoms with E-state index in [1.807, 2.05) is 0 Å². The van der Waals surface area contributed by atoms with Gasteiger partial charge in [0.1, 0.15) is 12.3 Å². The molecule has 2 aromatic carbocycles. The Morgan fingerprint density at radius 2 is 1.86 bits per heavy atom. The van der Waals surface area contributed by atoms with Crippen molar-refractivity contribution in [2.24, 2.45) is 0 Å². The first-order chi connectivity index (χ1) is 13.4. The Morgan fingerprint density at radius 3 is 2.50 bits per heavy atom. The van der Waals surface area contributed by atoms with E-state index in [2.05, 4.69) is 5.32 Å². The Kier molecular flexibility index (Phi) is 6.06. The molecule has 0 atom stereocenters. The fraction of sp³-hybridized carbons (Fsp3) is 0.150. The second-order valence-electron chi connectivity index (χ2n) is 6.11. The zero-order valence-corrected chi connectivity index (χ0v) is 16.7. The minimum atomic E-state index is -3.95. The lowest BCUT2D eigenvalue weighted by molar-refractivity contribution is -0.119. The van der Waals surface area contributed by atoms with Gasteiger partial charge in [0.25, 0.3) is 10.0 Å². The highest BCUT2D eigenvalue weighted by Gasteiger charge is 2.28. The molecule has 0 aliphatic heterocycles. The van der Waals surface area contributed by atoms with Gasteiger partial charge >= 0.3 is 0 Å². The molecular weight excluding hydrogens is 400 g/mol. The molecule has 1 amide bonds. The van der Waals surface area contributed by atoms with Gasteiger partial charge < -0.3 is 9.73 Å². The van der Waals surface area contributed by atoms with E-state index >= 15 is 0 Å². The number of anilines is 1. The summed E-state index contributed by atoms with van der Waals surface area (Å²) >= 11 is 6.01. The molecule has 0 bridgehead atoms. The highest BCUT2D eigenvalue weighted by Crippen LogP contribution is 2.28. The smallest absolute Gasteiger partial charge is 0.264 e. The molecule has 146 valence electrons. The number of furan rings is 1. The molecule has 28 heavy (non-hydrogen) atoms. The third-order valence-corrected chi connectivity index (χ3v) is 6.09. The number of halogens is 1. The maximum Gasteiger partial charge on any atom is 0.264 e. The van der Waals surface area contributed by atoms with Gasteiger partial charge in [-0.25, -0.2) is 8.42 Å². The van der Waals surface area contributed by atoms with Crippen molar-refractivity contribution in [2.45, 2.75) is 18.4 Å². The van der Waals surface area contributed by atoms with Gasteiger partial charge in [0.15, 0.2) is 0 Å². The molecule has 0 unspecified atom stereocenters. The average Bonchev–Trinajstić information content (AvgIpc) is 3.19. The number of carbonyl (C=O) groups is 1. The monoisotopic (exact) mass is 418 g/mol. The van der Waals surface area contributed by atoms with Gasteiger partial charge in [0, 0.05) is 5.02 Å². The van der Waals surface area contributed by atoms with Crippen LogP contribution in [-0.2, 0) is 21.4 Å². The maximum atomic E-state index is 13.2. The summed E-state index contributed by atoms with van der Waals surface area (Å²) in [5.41, 5.74) is 1.03. The summed E-state index contributed by atoms with van der Waals surface area (Å²) in [6.07, 6.45) is 1.50. The van der Waals surface area contributed by atoms with Gasteiger partial charge in [-0.15, -0.1) is 0 Å². The Morgan fingerprint density at radius 1 is 1.11 bits per heavy atom. The molecule has 0 fully saturated rings. The van der Waals surface area contributed by atoms with Gasteiger partial charge in [-0.05, 0) is 55.0 Å². The molecule has 6 nitrogen and oxygen atoms in total. The predicted octanol–water partition coefficient (Wildman–Crippen LogP) is 3.75. The zero-order chi connectivity index (χ0) is 20.1. The van der Waals surface area contributed by atoms with Crippen molar-refractivity contribution in [3.05, 3.63) is 83.3 Å². The Balaban J connectivity index is 1.91. The maximum absolute atomic E-state index is 13.2. The van der Waals surface area contributed by atoms with Crippen LogP contribution in [-0.4, -0.2) is 20.9 Å². The highest BCUT2D eigenvalue weighted by atomic mass is 35.5. The quantitative estimate of drug-likeness (QED) is 0.633. The summed E-state index contributed by atoms with van der Waals surface area (Å²) in [5, 5.41) is 3.16. The molecule has 1 N–H and O–H groups in total. The van der Waals surface area contributed by atoms with Crippen molar-refractivity contribution in [1.82, 2.24) is 5.32 Å². The fourth-order valence-electron chi connectivity index (χ4n) is 2.70. The number of rotatable bonds is 7. The van der Waals surface area contributed by atoms with E-state index in [0.29, 0.717) is 22.0 Å². The van der Waals surface area contributed by atoms with E-state index in [9.17, 15) is 13.2 Å². The molecular formula is C20H19ClN2O4S. The molecule has 0 aliphatic rings. The van der Waals surface area contributed by atoms with E-state index in [1.165, 1.54) is 18.4 Å². The Bertz CT molecular complexity index is 1050. The minimum Gasteiger partial charge on any atom is -0.467 e. The van der Waals surface area contributed by atoms with Crippen LogP contribution in [0.15, 0.2) is 76.2 Å². The SMILES string of the molecule is Cc1cc(Cl)ccc1N(CC(=O)NCc1ccco1)S(=O)(=O)c1ccccc1. The first-order valence-electron chi connectivity index (χ1n) is 8.51. The largest absolute Gasteiger partial charge is 0.467 e. The average molecular weight is 419 g/mol. The number of hydrogen-bond acceptors (Lipinski definition) is 4. The van der Waals surface area contributed by atoms with Crippen molar-refractivity contribution in [1.29, 1.82) is 0 Å². The van der Waals surface area contributed by atoms with Crippen molar-refractivity contribution in [2.75, 3.05) is 10.8 Å². The number of sulfonamides is 1. The predicted molar refractivity (Wildman–Crippen MR) is 108 cm³/mol. The molecule has 1 aromatic heterocycles. The van der Waals surface area contributed by atoms with Crippen LogP contribution < -0.4 is 9.62 Å². The number of carbonyl (C=O) groups excluding carboxylic acids is 1. The normalized spacial score (nSPS) is 11.2. The van der Waals surface area contributed by atoms with E-state index < -0.39 is 15.9 Å². The van der Waals surface area contributed by atoms with E-state index in [4.69, 9.17) is 16.0 Å². The fourth-order valence-corrected chi connectivity index (χ4v) is 4.44. The standard InChI is InChI=1S/C20H19ClN2O4S/c1-15-12-16(21)9-10-19(15)23(28(25,26)18-7-3-2-4-8-18)14-20(24)22-13-17-6-5-11-27-17/h2-12H,13-14H2,1H3,(H,22,24). The van der Waals surface area contributed by atoms with Crippen molar-refractivity contribution >= 4 is 33.2 Å². The number of amides is 1. The van der Waals surface area contributed by atoms with Crippen LogP contribution >= 0.6 is 11.6 Å². The van der Waals surface area contributed by atoms with Crippen molar-refractivity contribution < 1.29 is 17.6 Å². The molecule has 0 spiro atoms. The number of nitrogens with one attached hydrogen (secondary N) is 1. The van der Waals surface area contributed by atoms with Crippen LogP contribution in [0.1, 0.15) is 11.3 Å². The molecule has 3 aromatic rings. The van der Waals surface area contributed by atoms with Gasteiger partial charge in [-0.3, -0.25) is 9.10 Å². The number of benzene rings is 2. The molecule has 0 saturated carbocycles. The van der Waals surface area contributed by atoms with Crippen LogP contribution in [0.4, 0.5) is 5.69 Å². The molecule has 3 rings (SSSR count). The first-order valence-corrected chi connectivity index (χ1v) is 10.3. The topological polar surface area (TPSA) is 79.6 Å². The molecule has 8 heteroatoms. The van der Waals surface area contributed by atoms with Crippen LogP contribution in [0.25, 0.3) is 0 Å². The molecule has 0 saturated heterocycles. The van der Waals surface area contributed by atoms with Crippen molar-refractivity contribution in [3.63, 3.8) is 0 Å². The lowest BCUT2D eigenvalue weighted by atomic mass is 10.2. The van der Waals surface area contributed by atoms with Gasteiger partial charge in [0.05, 0.1) is 23.4 Å². The van der Waals surface area contributed by atoms with Gasteiger partial charge in [-0.2, -0.15) is 0 Å². The van der Waals surface area contributed by atoms with E-state index in [1.54, 1.807) is 55.5 Å². The first kappa shape index (κ1) is 20.0. The second-order valence-corrected chi connectivity index (χ2v) is 8.41. The highest BCUT2D eigenvalue weighted by molar-refractivity contribution is 7.92. The van der Waals surface area contributed by atoms with Crippen LogP contribution in [0.5, 0.6) is 0 Å². The Labute approximate surface area is 168 Å². The van der Waals surface area contributed by atoms with Gasteiger partial charge in [-0.1, -0.05) is 29.8 Å². The molecule has 0 radical (unpaired) electrons. The molecule has 0 aliphatic carbocycles. The third-order valence-electron chi connectivity index (χ3n) is 4.09. The van der Waals surface area contributed by atoms with Gasteiger partial charge in [0.2, 0.25) is 5.91 Å². The number of hydrogen-bond donors (Lipinski definition) is 1. The van der Waals surface area contributed by atoms with E-state index in [0.717, 1.165) is 4.31 Å².